The maximum absolute atomic E-state index is 12.0. The third-order valence-corrected chi connectivity index (χ3v) is 5.64. The molecule has 1 aromatic carbocycles. The van der Waals surface area contributed by atoms with E-state index in [1.807, 2.05) is 0 Å². The summed E-state index contributed by atoms with van der Waals surface area (Å²) in [5.74, 6) is -0.0734. The molecule has 0 bridgehead atoms. The summed E-state index contributed by atoms with van der Waals surface area (Å²) < 4.78 is 22.9. The summed E-state index contributed by atoms with van der Waals surface area (Å²) in [5, 5.41) is 13.5. The molecule has 126 valence electrons. The van der Waals surface area contributed by atoms with Crippen LogP contribution in [0.1, 0.15) is 12.0 Å². The number of hydrogen-bond acceptors (Lipinski definition) is 6. The number of carbonyl (C=O) groups is 1. The van der Waals surface area contributed by atoms with Crippen molar-refractivity contribution < 1.29 is 18.1 Å². The van der Waals surface area contributed by atoms with Gasteiger partial charge in [0, 0.05) is 24.2 Å². The van der Waals surface area contributed by atoms with Crippen LogP contribution < -0.4 is 5.32 Å². The molecule has 0 radical (unpaired) electrons. The summed E-state index contributed by atoms with van der Waals surface area (Å²) in [5.41, 5.74) is 0.389. The SMILES string of the molecule is CN(CC(=O)NCc1ccccc1[N+](=O)[O-])C1CCS(=O)(=O)C1. The Balaban J connectivity index is 1.87. The maximum Gasteiger partial charge on any atom is 0.274 e. The Kier molecular flexibility index (Phi) is 5.32. The molecule has 1 unspecified atom stereocenters. The van der Waals surface area contributed by atoms with E-state index in [1.54, 1.807) is 30.1 Å². The molecule has 1 atom stereocenters. The molecular formula is C14H19N3O5S. The molecule has 1 N–H and O–H groups in total. The van der Waals surface area contributed by atoms with Crippen molar-refractivity contribution in [2.24, 2.45) is 0 Å². The van der Waals surface area contributed by atoms with E-state index in [9.17, 15) is 23.3 Å². The van der Waals surface area contributed by atoms with Crippen LogP contribution in [-0.4, -0.2) is 55.3 Å². The van der Waals surface area contributed by atoms with Gasteiger partial charge in [0.25, 0.3) is 5.69 Å². The van der Waals surface area contributed by atoms with Crippen LogP contribution >= 0.6 is 0 Å². The monoisotopic (exact) mass is 341 g/mol. The Morgan fingerprint density at radius 2 is 2.13 bits per heavy atom. The minimum atomic E-state index is -3.00. The number of carbonyl (C=O) groups excluding carboxylic acids is 1. The second-order valence-corrected chi connectivity index (χ2v) is 7.86. The molecule has 0 saturated carbocycles. The van der Waals surface area contributed by atoms with Crippen LogP contribution in [0, 0.1) is 10.1 Å². The number of rotatable bonds is 6. The number of sulfone groups is 1. The summed E-state index contributed by atoms with van der Waals surface area (Å²) in [6, 6.07) is 6.06. The minimum Gasteiger partial charge on any atom is -0.351 e. The highest BCUT2D eigenvalue weighted by Crippen LogP contribution is 2.18. The molecule has 1 aromatic rings. The molecule has 1 amide bonds. The van der Waals surface area contributed by atoms with Crippen LogP contribution in [0.25, 0.3) is 0 Å². The zero-order chi connectivity index (χ0) is 17.0. The average molecular weight is 341 g/mol. The fourth-order valence-electron chi connectivity index (χ4n) is 2.57. The van der Waals surface area contributed by atoms with Crippen LogP contribution in [0.5, 0.6) is 0 Å². The molecule has 23 heavy (non-hydrogen) atoms. The molecule has 1 aliphatic rings. The van der Waals surface area contributed by atoms with Gasteiger partial charge >= 0.3 is 0 Å². The van der Waals surface area contributed by atoms with Crippen molar-refractivity contribution in [1.29, 1.82) is 0 Å². The zero-order valence-corrected chi connectivity index (χ0v) is 13.6. The van der Waals surface area contributed by atoms with Crippen molar-refractivity contribution in [3.8, 4) is 0 Å². The van der Waals surface area contributed by atoms with Gasteiger partial charge in [0.15, 0.2) is 9.84 Å². The van der Waals surface area contributed by atoms with E-state index in [4.69, 9.17) is 0 Å². The lowest BCUT2D eigenvalue weighted by molar-refractivity contribution is -0.385. The molecule has 9 heteroatoms. The summed E-state index contributed by atoms with van der Waals surface area (Å²) in [6.45, 7) is 0.119. The first-order valence-electron chi connectivity index (χ1n) is 7.18. The van der Waals surface area contributed by atoms with Crippen molar-refractivity contribution in [1.82, 2.24) is 10.2 Å². The molecule has 0 aliphatic carbocycles. The molecule has 2 rings (SSSR count). The van der Waals surface area contributed by atoms with Crippen LogP contribution in [0.15, 0.2) is 24.3 Å². The Morgan fingerprint density at radius 1 is 1.43 bits per heavy atom. The first-order chi connectivity index (χ1) is 10.8. The van der Waals surface area contributed by atoms with Crippen molar-refractivity contribution in [3.63, 3.8) is 0 Å². The van der Waals surface area contributed by atoms with E-state index < -0.39 is 14.8 Å². The Morgan fingerprint density at radius 3 is 2.74 bits per heavy atom. The van der Waals surface area contributed by atoms with Gasteiger partial charge in [0.2, 0.25) is 5.91 Å². The number of likely N-dealkylation sites (N-methyl/N-ethyl adjacent to an activating group) is 1. The summed E-state index contributed by atoms with van der Waals surface area (Å²) in [4.78, 5) is 24.1. The van der Waals surface area contributed by atoms with Gasteiger partial charge in [-0.25, -0.2) is 8.42 Å². The highest BCUT2D eigenvalue weighted by Gasteiger charge is 2.31. The van der Waals surface area contributed by atoms with E-state index >= 15 is 0 Å². The number of amides is 1. The van der Waals surface area contributed by atoms with E-state index in [0.717, 1.165) is 0 Å². The first kappa shape index (κ1) is 17.4. The predicted octanol–water partition coefficient (Wildman–Crippen LogP) is 0.330. The van der Waals surface area contributed by atoms with Crippen LogP contribution in [0.4, 0.5) is 5.69 Å². The van der Waals surface area contributed by atoms with Crippen LogP contribution in [-0.2, 0) is 21.2 Å². The number of nitro groups is 1. The quantitative estimate of drug-likeness (QED) is 0.590. The number of nitro benzene ring substituents is 1. The lowest BCUT2D eigenvalue weighted by atomic mass is 10.2. The van der Waals surface area contributed by atoms with Gasteiger partial charge in [-0.3, -0.25) is 19.8 Å². The third kappa shape index (κ3) is 4.73. The number of para-hydroxylation sites is 1. The molecule has 0 aromatic heterocycles. The summed E-state index contributed by atoms with van der Waals surface area (Å²) >= 11 is 0. The molecule has 0 spiro atoms. The standard InChI is InChI=1S/C14H19N3O5S/c1-16(12-6-7-23(21,22)10-12)9-14(18)15-8-11-4-2-3-5-13(11)17(19)20/h2-5,12H,6-10H2,1H3,(H,15,18). The molecule has 1 heterocycles. The molecule has 1 aliphatic heterocycles. The fraction of sp³-hybridized carbons (Fsp3) is 0.500. The fourth-order valence-corrected chi connectivity index (χ4v) is 4.37. The molecule has 8 nitrogen and oxygen atoms in total. The second kappa shape index (κ2) is 7.05. The Hall–Kier alpha value is -2.00. The predicted molar refractivity (Wildman–Crippen MR) is 84.6 cm³/mol. The van der Waals surface area contributed by atoms with Crippen molar-refractivity contribution in [2.75, 3.05) is 25.1 Å². The van der Waals surface area contributed by atoms with Gasteiger partial charge in [-0.05, 0) is 13.5 Å². The lowest BCUT2D eigenvalue weighted by Gasteiger charge is -2.22. The highest BCUT2D eigenvalue weighted by atomic mass is 32.2. The Bertz CT molecular complexity index is 704. The molecule has 1 saturated heterocycles. The van der Waals surface area contributed by atoms with Gasteiger partial charge in [-0.2, -0.15) is 0 Å². The number of hydrogen-bond donors (Lipinski definition) is 1. The minimum absolute atomic E-state index is 0.0389. The van der Waals surface area contributed by atoms with Gasteiger partial charge in [0.05, 0.1) is 23.0 Å². The maximum atomic E-state index is 12.0. The van der Waals surface area contributed by atoms with Gasteiger partial charge in [0.1, 0.15) is 0 Å². The number of benzene rings is 1. The van der Waals surface area contributed by atoms with E-state index in [0.29, 0.717) is 12.0 Å². The highest BCUT2D eigenvalue weighted by molar-refractivity contribution is 7.91. The zero-order valence-electron chi connectivity index (χ0n) is 12.8. The van der Waals surface area contributed by atoms with E-state index in [-0.39, 0.29) is 42.2 Å². The first-order valence-corrected chi connectivity index (χ1v) is 9.00. The second-order valence-electron chi connectivity index (χ2n) is 5.63. The van der Waals surface area contributed by atoms with Gasteiger partial charge in [-0.15, -0.1) is 0 Å². The molecule has 1 fully saturated rings. The van der Waals surface area contributed by atoms with E-state index in [1.165, 1.54) is 6.07 Å². The third-order valence-electron chi connectivity index (χ3n) is 3.89. The van der Waals surface area contributed by atoms with Crippen molar-refractivity contribution in [3.05, 3.63) is 39.9 Å². The number of nitrogens with one attached hydrogen (secondary N) is 1. The van der Waals surface area contributed by atoms with Gasteiger partial charge in [-0.1, -0.05) is 18.2 Å². The van der Waals surface area contributed by atoms with Crippen LogP contribution in [0.3, 0.4) is 0 Å². The Labute approximate surface area is 134 Å². The summed E-state index contributed by atoms with van der Waals surface area (Å²) in [6.07, 6.45) is 0.524. The largest absolute Gasteiger partial charge is 0.351 e. The number of nitrogens with zero attached hydrogens (tertiary/aromatic N) is 2. The van der Waals surface area contributed by atoms with Crippen LogP contribution in [0.2, 0.25) is 0 Å². The summed E-state index contributed by atoms with van der Waals surface area (Å²) in [7, 11) is -1.29. The molecular weight excluding hydrogens is 322 g/mol. The van der Waals surface area contributed by atoms with Gasteiger partial charge < -0.3 is 5.32 Å². The topological polar surface area (TPSA) is 110 Å². The van der Waals surface area contributed by atoms with E-state index in [2.05, 4.69) is 5.32 Å². The average Bonchev–Trinajstić information content (AvgIpc) is 2.85. The smallest absolute Gasteiger partial charge is 0.274 e. The van der Waals surface area contributed by atoms with Crippen molar-refractivity contribution in [2.45, 2.75) is 19.0 Å². The van der Waals surface area contributed by atoms with Crippen molar-refractivity contribution >= 4 is 21.4 Å². The normalized spacial score (nSPS) is 19.7. The lowest BCUT2D eigenvalue weighted by Crippen LogP contribution is -2.41.